The molecule has 3 N–H and O–H groups in total. The van der Waals surface area contributed by atoms with Gasteiger partial charge in [0.15, 0.2) is 0 Å². The Hall–Kier alpha value is -0.650. The van der Waals surface area contributed by atoms with E-state index < -0.39 is 0 Å². The second kappa shape index (κ2) is 24.6. The average molecular weight is 431 g/mol. The zero-order valence-corrected chi connectivity index (χ0v) is 20.9. The molecule has 0 aliphatic carbocycles. The molecule has 0 aliphatic rings. The molecule has 0 aliphatic heterocycles. The molecule has 0 bridgehead atoms. The lowest BCUT2D eigenvalue weighted by Crippen LogP contribution is -2.41. The van der Waals surface area contributed by atoms with E-state index in [0.29, 0.717) is 32.6 Å². The third-order valence-electron chi connectivity index (χ3n) is 5.24. The molecule has 182 valence electrons. The van der Waals surface area contributed by atoms with E-state index in [-0.39, 0.29) is 12.2 Å². The number of aliphatic hydroxyl groups excluding tert-OH is 2. The highest BCUT2D eigenvalue weighted by Crippen LogP contribution is 2.10. The molecule has 0 spiro atoms. The predicted octanol–water partition coefficient (Wildman–Crippen LogP) is 5.14. The smallest absolute Gasteiger partial charge is 0.207 e. The second-order valence-corrected chi connectivity index (χ2v) is 9.02. The third kappa shape index (κ3) is 25.4. The molecule has 2 atom stereocenters. The molecule has 2 unspecified atom stereocenters. The first-order chi connectivity index (χ1) is 14.4. The van der Waals surface area contributed by atoms with Gasteiger partial charge in [0.25, 0.3) is 0 Å². The summed E-state index contributed by atoms with van der Waals surface area (Å²) >= 11 is 0. The fourth-order valence-electron chi connectivity index (χ4n) is 3.51. The van der Waals surface area contributed by atoms with Crippen molar-refractivity contribution in [2.75, 3.05) is 26.2 Å². The molecule has 5 heteroatoms. The zero-order valence-electron chi connectivity index (χ0n) is 20.9. The van der Waals surface area contributed by atoms with Gasteiger partial charge in [-0.15, -0.1) is 0 Å². The number of carbonyl (C=O) groups excluding carboxylic acids is 1. The molecule has 0 saturated carbocycles. The summed E-state index contributed by atoms with van der Waals surface area (Å²) in [6, 6.07) is 0. The van der Waals surface area contributed by atoms with Gasteiger partial charge in [-0.25, -0.2) is 0 Å². The maximum atomic E-state index is 10.4. The van der Waals surface area contributed by atoms with E-state index in [1.54, 1.807) is 0 Å². The quantitative estimate of drug-likeness (QED) is 0.185. The standard InChI is InChI=1S/C19H40N2O3.C6H14/c1-3-5-7-9-11-18(23)15-21(14-13-20-17-22)16-19(24)12-10-8-6-4-2;1-4-5-6(2)3/h17-19,23-24H,3-16H2,1-2H3,(H,20,22);6H,4-5H2,1-3H3. The van der Waals surface area contributed by atoms with Crippen molar-refractivity contribution >= 4 is 6.41 Å². The van der Waals surface area contributed by atoms with Crippen molar-refractivity contribution in [2.24, 2.45) is 5.92 Å². The van der Waals surface area contributed by atoms with E-state index in [2.05, 4.69) is 44.8 Å². The van der Waals surface area contributed by atoms with Crippen LogP contribution in [0.1, 0.15) is 112 Å². The van der Waals surface area contributed by atoms with E-state index >= 15 is 0 Å². The van der Waals surface area contributed by atoms with E-state index in [4.69, 9.17) is 0 Å². The van der Waals surface area contributed by atoms with Crippen molar-refractivity contribution in [1.29, 1.82) is 0 Å². The number of hydrogen-bond donors (Lipinski definition) is 3. The summed E-state index contributed by atoms with van der Waals surface area (Å²) in [6.07, 6.45) is 13.6. The highest BCUT2D eigenvalue weighted by atomic mass is 16.3. The number of amides is 1. The number of nitrogens with zero attached hydrogens (tertiary/aromatic N) is 1. The molecular formula is C25H54N2O3. The number of hydrogen-bond acceptors (Lipinski definition) is 4. The van der Waals surface area contributed by atoms with Crippen molar-refractivity contribution in [2.45, 2.75) is 124 Å². The van der Waals surface area contributed by atoms with Crippen molar-refractivity contribution in [3.63, 3.8) is 0 Å². The number of rotatable bonds is 20. The number of unbranched alkanes of at least 4 members (excludes halogenated alkanes) is 6. The van der Waals surface area contributed by atoms with Crippen LogP contribution in [0.4, 0.5) is 0 Å². The van der Waals surface area contributed by atoms with Crippen LogP contribution in [0.5, 0.6) is 0 Å². The van der Waals surface area contributed by atoms with Gasteiger partial charge in [-0.2, -0.15) is 0 Å². The molecule has 0 saturated heterocycles. The van der Waals surface area contributed by atoms with E-state index in [1.165, 1.54) is 51.4 Å². The van der Waals surface area contributed by atoms with Crippen LogP contribution in [0, 0.1) is 5.92 Å². The molecule has 0 aromatic rings. The minimum Gasteiger partial charge on any atom is -0.392 e. The number of carbonyl (C=O) groups is 1. The zero-order chi connectivity index (χ0) is 23.0. The Kier molecular flexibility index (Phi) is 25.9. The Balaban J connectivity index is 0. The fraction of sp³-hybridized carbons (Fsp3) is 0.960. The van der Waals surface area contributed by atoms with Gasteiger partial charge >= 0.3 is 0 Å². The second-order valence-electron chi connectivity index (χ2n) is 9.02. The summed E-state index contributed by atoms with van der Waals surface area (Å²) in [5.41, 5.74) is 0. The minimum atomic E-state index is -0.356. The van der Waals surface area contributed by atoms with Gasteiger partial charge in [0, 0.05) is 26.2 Å². The van der Waals surface area contributed by atoms with Crippen LogP contribution in [-0.2, 0) is 4.79 Å². The summed E-state index contributed by atoms with van der Waals surface area (Å²) in [6.45, 7) is 13.4. The molecule has 0 fully saturated rings. The summed E-state index contributed by atoms with van der Waals surface area (Å²) in [5, 5.41) is 23.1. The average Bonchev–Trinajstić information content (AvgIpc) is 2.69. The van der Waals surface area contributed by atoms with Crippen molar-refractivity contribution < 1.29 is 15.0 Å². The summed E-state index contributed by atoms with van der Waals surface area (Å²) < 4.78 is 0. The van der Waals surface area contributed by atoms with Crippen LogP contribution in [0.2, 0.25) is 0 Å². The monoisotopic (exact) mass is 430 g/mol. The molecule has 1 amide bonds. The Morgan fingerprint density at radius 3 is 1.60 bits per heavy atom. The summed E-state index contributed by atoms with van der Waals surface area (Å²) in [7, 11) is 0. The Morgan fingerprint density at radius 1 is 0.767 bits per heavy atom. The van der Waals surface area contributed by atoms with Crippen LogP contribution in [0.15, 0.2) is 0 Å². The molecule has 0 radical (unpaired) electrons. The van der Waals surface area contributed by atoms with Crippen molar-refractivity contribution in [3.8, 4) is 0 Å². The van der Waals surface area contributed by atoms with Gasteiger partial charge in [-0.3, -0.25) is 9.69 Å². The van der Waals surface area contributed by atoms with Gasteiger partial charge in [0.2, 0.25) is 6.41 Å². The first kappa shape index (κ1) is 31.5. The molecule has 30 heavy (non-hydrogen) atoms. The van der Waals surface area contributed by atoms with Crippen molar-refractivity contribution in [1.82, 2.24) is 10.2 Å². The lowest BCUT2D eigenvalue weighted by Gasteiger charge is -2.27. The van der Waals surface area contributed by atoms with Gasteiger partial charge in [-0.1, -0.05) is 98.8 Å². The highest BCUT2D eigenvalue weighted by Gasteiger charge is 2.15. The first-order valence-electron chi connectivity index (χ1n) is 12.7. The van der Waals surface area contributed by atoms with Gasteiger partial charge in [-0.05, 0) is 18.8 Å². The van der Waals surface area contributed by atoms with Crippen LogP contribution in [-0.4, -0.2) is 59.9 Å². The van der Waals surface area contributed by atoms with Crippen LogP contribution in [0.3, 0.4) is 0 Å². The fourth-order valence-corrected chi connectivity index (χ4v) is 3.51. The van der Waals surface area contributed by atoms with Crippen LogP contribution >= 0.6 is 0 Å². The highest BCUT2D eigenvalue weighted by molar-refractivity contribution is 5.45. The molecule has 0 heterocycles. The summed E-state index contributed by atoms with van der Waals surface area (Å²) in [4.78, 5) is 12.5. The third-order valence-corrected chi connectivity index (χ3v) is 5.24. The lowest BCUT2D eigenvalue weighted by molar-refractivity contribution is -0.109. The maximum absolute atomic E-state index is 10.4. The van der Waals surface area contributed by atoms with Crippen LogP contribution in [0.25, 0.3) is 0 Å². The Morgan fingerprint density at radius 2 is 1.27 bits per heavy atom. The molecule has 0 aromatic heterocycles. The molecule has 0 aromatic carbocycles. The number of nitrogens with one attached hydrogen (secondary N) is 1. The van der Waals surface area contributed by atoms with Crippen molar-refractivity contribution in [3.05, 3.63) is 0 Å². The maximum Gasteiger partial charge on any atom is 0.207 e. The first-order valence-corrected chi connectivity index (χ1v) is 12.7. The lowest BCUT2D eigenvalue weighted by atomic mass is 10.1. The largest absolute Gasteiger partial charge is 0.392 e. The number of aliphatic hydroxyl groups is 2. The van der Waals surface area contributed by atoms with Crippen LogP contribution < -0.4 is 5.32 Å². The van der Waals surface area contributed by atoms with E-state index in [0.717, 1.165) is 31.6 Å². The van der Waals surface area contributed by atoms with E-state index in [9.17, 15) is 15.0 Å². The SMILES string of the molecule is CCCC(C)C.CCCCCCC(O)CN(CCNC=O)CC(O)CCCCCC. The van der Waals surface area contributed by atoms with Gasteiger partial charge in [0.1, 0.15) is 0 Å². The van der Waals surface area contributed by atoms with Gasteiger partial charge in [0.05, 0.1) is 12.2 Å². The predicted molar refractivity (Wildman–Crippen MR) is 130 cm³/mol. The Labute approximate surface area is 188 Å². The summed E-state index contributed by atoms with van der Waals surface area (Å²) in [5.74, 6) is 0.898. The molecular weight excluding hydrogens is 376 g/mol. The van der Waals surface area contributed by atoms with E-state index in [1.807, 2.05) is 0 Å². The topological polar surface area (TPSA) is 72.8 Å². The van der Waals surface area contributed by atoms with Gasteiger partial charge < -0.3 is 15.5 Å². The minimum absolute atomic E-state index is 0.356. The Bertz CT molecular complexity index is 320. The molecule has 5 nitrogen and oxygen atoms in total. The molecule has 0 rings (SSSR count). The normalized spacial score (nSPS) is 13.1.